The Morgan fingerprint density at radius 3 is 2.00 bits per heavy atom. The molecule has 0 aliphatic carbocycles. The fourth-order valence-corrected chi connectivity index (χ4v) is 0.427. The first kappa shape index (κ1) is 10.8. The van der Waals surface area contributed by atoms with Crippen molar-refractivity contribution in [2.45, 2.75) is 32.6 Å². The molecule has 1 radical (unpaired) electrons. The van der Waals surface area contributed by atoms with E-state index in [1.54, 1.807) is 0 Å². The molecule has 0 saturated heterocycles. The summed E-state index contributed by atoms with van der Waals surface area (Å²) in [6, 6.07) is 0. The predicted molar refractivity (Wildman–Crippen MR) is 29.5 cm³/mol. The average molecular weight is 264 g/mol. The second-order valence-electron chi connectivity index (χ2n) is 1.56. The maximum absolute atomic E-state index is 3.72. The molecule has 0 heterocycles. The molecule has 0 nitrogen and oxygen atoms in total. The van der Waals surface area contributed by atoms with E-state index in [9.17, 15) is 0 Å². The van der Waals surface area contributed by atoms with Gasteiger partial charge in [0.1, 0.15) is 0 Å². The van der Waals surface area contributed by atoms with Crippen LogP contribution in [0.15, 0.2) is 0 Å². The van der Waals surface area contributed by atoms with Crippen LogP contribution in [-0.4, -0.2) is 0 Å². The van der Waals surface area contributed by atoms with E-state index in [4.69, 9.17) is 0 Å². The molecule has 0 spiro atoms. The standard InChI is InChI=1S/C6H13.Hf/c1-3-5-6-4-2;/h1,3-6H2,2H3;. The third kappa shape index (κ3) is 10.9. The molecule has 0 fully saturated rings. The van der Waals surface area contributed by atoms with Crippen LogP contribution >= 0.6 is 0 Å². The Morgan fingerprint density at radius 1 is 1.29 bits per heavy atom. The molecule has 0 aromatic carbocycles. The van der Waals surface area contributed by atoms with Gasteiger partial charge in [-0.1, -0.05) is 39.5 Å². The Hall–Kier alpha value is 0.870. The van der Waals surface area contributed by atoms with E-state index >= 15 is 0 Å². The van der Waals surface area contributed by atoms with Crippen LogP contribution < -0.4 is 0 Å². The first-order chi connectivity index (χ1) is 2.91. The van der Waals surface area contributed by atoms with Crippen LogP contribution in [0, 0.1) is 6.92 Å². The Labute approximate surface area is 65.5 Å². The van der Waals surface area contributed by atoms with Gasteiger partial charge in [0.05, 0.1) is 0 Å². The molecule has 0 aromatic rings. The Bertz CT molecular complexity index is 16.1. The fourth-order valence-electron chi connectivity index (χ4n) is 0.427. The Kier molecular flexibility index (Phi) is 15.4. The summed E-state index contributed by atoms with van der Waals surface area (Å²) in [6.07, 6.45) is 5.07. The zero-order chi connectivity index (χ0) is 4.83. The van der Waals surface area contributed by atoms with E-state index in [0.29, 0.717) is 0 Å². The molecule has 0 unspecified atom stereocenters. The van der Waals surface area contributed by atoms with Crippen molar-refractivity contribution in [1.29, 1.82) is 0 Å². The first-order valence-corrected chi connectivity index (χ1v) is 2.71. The van der Waals surface area contributed by atoms with Crippen LogP contribution in [0.1, 0.15) is 32.6 Å². The van der Waals surface area contributed by atoms with Crippen LogP contribution in [0.4, 0.5) is 0 Å². The quantitative estimate of drug-likeness (QED) is 0.542. The number of rotatable bonds is 3. The van der Waals surface area contributed by atoms with E-state index < -0.39 is 0 Å². The van der Waals surface area contributed by atoms with Crippen molar-refractivity contribution in [3.63, 3.8) is 0 Å². The summed E-state index contributed by atoms with van der Waals surface area (Å²) in [4.78, 5) is 0. The summed E-state index contributed by atoms with van der Waals surface area (Å²) in [6.45, 7) is 5.93. The van der Waals surface area contributed by atoms with Crippen molar-refractivity contribution in [2.24, 2.45) is 0 Å². The minimum Gasteiger partial charge on any atom is -0.0654 e. The molecule has 0 aliphatic rings. The molecule has 41 valence electrons. The minimum absolute atomic E-state index is 0. The second kappa shape index (κ2) is 9.98. The zero-order valence-electron chi connectivity index (χ0n) is 5.04. The summed E-state index contributed by atoms with van der Waals surface area (Å²) in [5.74, 6) is 0. The van der Waals surface area contributed by atoms with Crippen LogP contribution in [0.25, 0.3) is 0 Å². The SMILES string of the molecule is [CH2]CCCCC.[Hf]. The van der Waals surface area contributed by atoms with Gasteiger partial charge in [0, 0.05) is 25.8 Å². The van der Waals surface area contributed by atoms with Crippen LogP contribution in [0.3, 0.4) is 0 Å². The zero-order valence-corrected chi connectivity index (χ0v) is 8.63. The van der Waals surface area contributed by atoms with Gasteiger partial charge >= 0.3 is 0 Å². The van der Waals surface area contributed by atoms with Crippen LogP contribution in [0.5, 0.6) is 0 Å². The Balaban J connectivity index is 0. The van der Waals surface area contributed by atoms with E-state index in [0.717, 1.165) is 6.42 Å². The maximum Gasteiger partial charge on any atom is 0 e. The smallest absolute Gasteiger partial charge is 0 e. The van der Waals surface area contributed by atoms with E-state index in [-0.39, 0.29) is 25.8 Å². The van der Waals surface area contributed by atoms with Crippen molar-refractivity contribution in [1.82, 2.24) is 0 Å². The summed E-state index contributed by atoms with van der Waals surface area (Å²) in [7, 11) is 0. The summed E-state index contributed by atoms with van der Waals surface area (Å²) in [5.41, 5.74) is 0. The van der Waals surface area contributed by atoms with Crippen molar-refractivity contribution >= 4 is 0 Å². The normalized spacial score (nSPS) is 7.71. The summed E-state index contributed by atoms with van der Waals surface area (Å²) in [5, 5.41) is 0. The third-order valence-electron chi connectivity index (χ3n) is 0.854. The molecular formula is C6H13Hf. The van der Waals surface area contributed by atoms with Gasteiger partial charge in [-0.3, -0.25) is 0 Å². The molecule has 0 aliphatic heterocycles. The third-order valence-corrected chi connectivity index (χ3v) is 0.854. The van der Waals surface area contributed by atoms with Gasteiger partial charge in [-0.05, 0) is 0 Å². The van der Waals surface area contributed by atoms with E-state index in [1.165, 1.54) is 19.3 Å². The molecular weight excluding hydrogens is 251 g/mol. The number of unbranched alkanes of at least 4 members (excludes halogenated alkanes) is 3. The topological polar surface area (TPSA) is 0 Å². The monoisotopic (exact) mass is 265 g/mol. The molecule has 0 saturated carbocycles. The molecule has 0 aromatic heterocycles. The molecule has 1 heteroatoms. The molecule has 0 bridgehead atoms. The van der Waals surface area contributed by atoms with Gasteiger partial charge in [0.15, 0.2) is 0 Å². The first-order valence-electron chi connectivity index (χ1n) is 2.71. The molecule has 0 rings (SSSR count). The molecule has 0 atom stereocenters. The van der Waals surface area contributed by atoms with Crippen molar-refractivity contribution in [3.05, 3.63) is 6.92 Å². The van der Waals surface area contributed by atoms with E-state index in [1.807, 2.05) is 0 Å². The molecule has 0 amide bonds. The van der Waals surface area contributed by atoms with E-state index in [2.05, 4.69) is 13.8 Å². The predicted octanol–water partition coefficient (Wildman–Crippen LogP) is 2.40. The molecule has 7 heavy (non-hydrogen) atoms. The van der Waals surface area contributed by atoms with Crippen molar-refractivity contribution < 1.29 is 25.8 Å². The Morgan fingerprint density at radius 2 is 1.86 bits per heavy atom. The maximum atomic E-state index is 3.72. The average Bonchev–Trinajstić information content (AvgIpc) is 1.61. The fraction of sp³-hybridized carbons (Fsp3) is 0.833. The van der Waals surface area contributed by atoms with Crippen molar-refractivity contribution in [3.8, 4) is 0 Å². The van der Waals surface area contributed by atoms with Gasteiger partial charge in [-0.2, -0.15) is 0 Å². The van der Waals surface area contributed by atoms with Gasteiger partial charge in [-0.25, -0.2) is 0 Å². The molecule has 0 N–H and O–H groups in total. The van der Waals surface area contributed by atoms with Crippen LogP contribution in [0.2, 0.25) is 0 Å². The van der Waals surface area contributed by atoms with Gasteiger partial charge in [-0.15, -0.1) is 0 Å². The van der Waals surface area contributed by atoms with Gasteiger partial charge in [0.2, 0.25) is 0 Å². The van der Waals surface area contributed by atoms with Gasteiger partial charge in [0.25, 0.3) is 0 Å². The van der Waals surface area contributed by atoms with Crippen LogP contribution in [-0.2, 0) is 25.8 Å². The number of hydrogen-bond donors (Lipinski definition) is 0. The minimum atomic E-state index is 0. The second-order valence-corrected chi connectivity index (χ2v) is 1.56. The summed E-state index contributed by atoms with van der Waals surface area (Å²) >= 11 is 0. The summed E-state index contributed by atoms with van der Waals surface area (Å²) < 4.78 is 0. The van der Waals surface area contributed by atoms with Crippen molar-refractivity contribution in [2.75, 3.05) is 0 Å². The largest absolute Gasteiger partial charge is 0.0654 e. The van der Waals surface area contributed by atoms with Gasteiger partial charge < -0.3 is 0 Å². The number of hydrogen-bond acceptors (Lipinski definition) is 0.